The fraction of sp³-hybridized carbons (Fsp3) is 0.889. The Bertz CT molecular complexity index is 243. The topological polar surface area (TPSA) is 29.5 Å². The van der Waals surface area contributed by atoms with Gasteiger partial charge in [0.2, 0.25) is 5.91 Å². The molecule has 1 aliphatic rings. The Hall–Kier alpha value is -0.490. The van der Waals surface area contributed by atoms with Crippen molar-refractivity contribution in [3.8, 4) is 0 Å². The standard InChI is InChI=1S/C9H13ClF3NO2/c10-3-4-14(7-1-2-7)8(15)5-16-6-9(11,12)13/h7H,1-6H2. The van der Waals surface area contributed by atoms with E-state index in [1.165, 1.54) is 4.90 Å². The summed E-state index contributed by atoms with van der Waals surface area (Å²) in [6.45, 7) is -1.56. The van der Waals surface area contributed by atoms with Crippen LogP contribution in [0.4, 0.5) is 13.2 Å². The zero-order valence-corrected chi connectivity index (χ0v) is 9.35. The van der Waals surface area contributed by atoms with Gasteiger partial charge < -0.3 is 9.64 Å². The lowest BCUT2D eigenvalue weighted by atomic mass is 10.4. The van der Waals surface area contributed by atoms with Gasteiger partial charge in [-0.25, -0.2) is 0 Å². The molecule has 0 bridgehead atoms. The summed E-state index contributed by atoms with van der Waals surface area (Å²) in [5, 5.41) is 0. The molecule has 0 radical (unpaired) electrons. The minimum absolute atomic E-state index is 0.140. The van der Waals surface area contributed by atoms with Gasteiger partial charge in [0.05, 0.1) is 0 Å². The molecule has 7 heteroatoms. The third-order valence-corrected chi connectivity index (χ3v) is 2.29. The van der Waals surface area contributed by atoms with Crippen LogP contribution < -0.4 is 0 Å². The van der Waals surface area contributed by atoms with Gasteiger partial charge in [0, 0.05) is 18.5 Å². The van der Waals surface area contributed by atoms with E-state index in [1.54, 1.807) is 0 Å². The molecule has 1 rings (SSSR count). The maximum Gasteiger partial charge on any atom is 0.411 e. The van der Waals surface area contributed by atoms with Crippen LogP contribution in [0.5, 0.6) is 0 Å². The smallest absolute Gasteiger partial charge is 0.362 e. The lowest BCUT2D eigenvalue weighted by Crippen LogP contribution is -2.38. The number of hydrogen-bond acceptors (Lipinski definition) is 2. The Morgan fingerprint density at radius 1 is 1.44 bits per heavy atom. The molecule has 1 fully saturated rings. The molecule has 1 aliphatic carbocycles. The van der Waals surface area contributed by atoms with Crippen LogP contribution >= 0.6 is 11.6 Å². The van der Waals surface area contributed by atoms with E-state index in [2.05, 4.69) is 4.74 Å². The second kappa shape index (κ2) is 5.72. The quantitative estimate of drug-likeness (QED) is 0.681. The van der Waals surface area contributed by atoms with Crippen LogP contribution in [0.2, 0.25) is 0 Å². The van der Waals surface area contributed by atoms with Gasteiger partial charge in [-0.3, -0.25) is 4.79 Å². The molecule has 0 aliphatic heterocycles. The maximum atomic E-state index is 11.8. The van der Waals surface area contributed by atoms with E-state index in [4.69, 9.17) is 11.6 Å². The largest absolute Gasteiger partial charge is 0.411 e. The van der Waals surface area contributed by atoms with Crippen LogP contribution in [0.15, 0.2) is 0 Å². The molecule has 0 N–H and O–H groups in total. The fourth-order valence-corrected chi connectivity index (χ4v) is 1.51. The summed E-state index contributed by atoms with van der Waals surface area (Å²) in [5.74, 6) is -0.144. The lowest BCUT2D eigenvalue weighted by Gasteiger charge is -2.21. The number of amides is 1. The SMILES string of the molecule is O=C(COCC(F)(F)F)N(CCCl)C1CC1. The van der Waals surface area contributed by atoms with Crippen molar-refractivity contribution in [2.45, 2.75) is 25.1 Å². The summed E-state index contributed by atoms with van der Waals surface area (Å²) >= 11 is 5.50. The Kier molecular flexibility index (Phi) is 4.86. The van der Waals surface area contributed by atoms with E-state index < -0.39 is 25.3 Å². The highest BCUT2D eigenvalue weighted by atomic mass is 35.5. The minimum Gasteiger partial charge on any atom is -0.362 e. The summed E-state index contributed by atoms with van der Waals surface area (Å²) < 4.78 is 39.6. The third kappa shape index (κ3) is 5.03. The van der Waals surface area contributed by atoms with Crippen molar-refractivity contribution in [1.82, 2.24) is 4.90 Å². The first-order valence-corrected chi connectivity index (χ1v) is 5.47. The summed E-state index contributed by atoms with van der Waals surface area (Å²) in [7, 11) is 0. The molecule has 1 amide bonds. The second-order valence-corrected chi connectivity index (χ2v) is 3.99. The Morgan fingerprint density at radius 3 is 2.50 bits per heavy atom. The molecule has 0 unspecified atom stereocenters. The molecule has 1 saturated carbocycles. The van der Waals surface area contributed by atoms with E-state index in [9.17, 15) is 18.0 Å². The molecular formula is C9H13ClF3NO2. The van der Waals surface area contributed by atoms with Gasteiger partial charge in [0.25, 0.3) is 0 Å². The number of ether oxygens (including phenoxy) is 1. The van der Waals surface area contributed by atoms with Crippen LogP contribution in [0.3, 0.4) is 0 Å². The fourth-order valence-electron chi connectivity index (χ4n) is 1.33. The highest BCUT2D eigenvalue weighted by Crippen LogP contribution is 2.26. The highest BCUT2D eigenvalue weighted by molar-refractivity contribution is 6.18. The van der Waals surface area contributed by atoms with E-state index in [1.807, 2.05) is 0 Å². The molecule has 94 valence electrons. The van der Waals surface area contributed by atoms with Crippen molar-refractivity contribution >= 4 is 17.5 Å². The zero-order valence-electron chi connectivity index (χ0n) is 8.60. The predicted molar refractivity (Wildman–Crippen MR) is 52.3 cm³/mol. The molecule has 0 aromatic heterocycles. The predicted octanol–water partition coefficient (Wildman–Crippen LogP) is 1.80. The number of halogens is 4. The normalized spacial score (nSPS) is 16.2. The molecule has 0 spiro atoms. The van der Waals surface area contributed by atoms with E-state index >= 15 is 0 Å². The van der Waals surface area contributed by atoms with Gasteiger partial charge in [-0.15, -0.1) is 11.6 Å². The van der Waals surface area contributed by atoms with Crippen LogP contribution in [0.1, 0.15) is 12.8 Å². The van der Waals surface area contributed by atoms with Gasteiger partial charge in [0.15, 0.2) is 0 Å². The Labute approximate surface area is 96.5 Å². The number of nitrogens with zero attached hydrogens (tertiary/aromatic N) is 1. The molecule has 3 nitrogen and oxygen atoms in total. The second-order valence-electron chi connectivity index (χ2n) is 3.62. The third-order valence-electron chi connectivity index (χ3n) is 2.12. The monoisotopic (exact) mass is 259 g/mol. The number of rotatable bonds is 6. The Balaban J connectivity index is 2.26. The van der Waals surface area contributed by atoms with Gasteiger partial charge in [-0.2, -0.15) is 13.2 Å². The molecule has 0 aromatic rings. The van der Waals surface area contributed by atoms with Crippen LogP contribution in [-0.4, -0.2) is 48.7 Å². The molecule has 0 saturated heterocycles. The molecule has 16 heavy (non-hydrogen) atoms. The molecular weight excluding hydrogens is 247 g/mol. The maximum absolute atomic E-state index is 11.8. The Morgan fingerprint density at radius 2 is 2.06 bits per heavy atom. The van der Waals surface area contributed by atoms with Crippen LogP contribution in [-0.2, 0) is 9.53 Å². The number of carbonyl (C=O) groups excluding carboxylic acids is 1. The van der Waals surface area contributed by atoms with Crippen molar-refractivity contribution in [2.24, 2.45) is 0 Å². The van der Waals surface area contributed by atoms with E-state index in [-0.39, 0.29) is 11.9 Å². The summed E-state index contributed by atoms with van der Waals surface area (Å²) in [4.78, 5) is 13.0. The van der Waals surface area contributed by atoms with Gasteiger partial charge in [0.1, 0.15) is 13.2 Å². The summed E-state index contributed by atoms with van der Waals surface area (Å²) in [5.41, 5.74) is 0. The van der Waals surface area contributed by atoms with E-state index in [0.717, 1.165) is 12.8 Å². The lowest BCUT2D eigenvalue weighted by molar-refractivity contribution is -0.177. The molecule has 0 aromatic carbocycles. The zero-order chi connectivity index (χ0) is 12.2. The number of alkyl halides is 4. The average Bonchev–Trinajstić information content (AvgIpc) is 2.95. The van der Waals surface area contributed by atoms with Crippen LogP contribution in [0.25, 0.3) is 0 Å². The van der Waals surface area contributed by atoms with Crippen molar-refractivity contribution in [2.75, 3.05) is 25.6 Å². The van der Waals surface area contributed by atoms with Crippen molar-refractivity contribution in [3.63, 3.8) is 0 Å². The van der Waals surface area contributed by atoms with Gasteiger partial charge in [-0.1, -0.05) is 0 Å². The highest BCUT2D eigenvalue weighted by Gasteiger charge is 2.33. The van der Waals surface area contributed by atoms with Gasteiger partial charge in [-0.05, 0) is 12.8 Å². The van der Waals surface area contributed by atoms with Crippen molar-refractivity contribution < 1.29 is 22.7 Å². The number of hydrogen-bond donors (Lipinski definition) is 0. The summed E-state index contributed by atoms with van der Waals surface area (Å²) in [6.07, 6.45) is -2.61. The van der Waals surface area contributed by atoms with Crippen molar-refractivity contribution in [1.29, 1.82) is 0 Å². The van der Waals surface area contributed by atoms with Gasteiger partial charge >= 0.3 is 6.18 Å². The minimum atomic E-state index is -4.39. The summed E-state index contributed by atoms with van der Waals surface area (Å²) in [6, 6.07) is 0.140. The molecule has 0 heterocycles. The first-order valence-electron chi connectivity index (χ1n) is 4.94. The van der Waals surface area contributed by atoms with Crippen molar-refractivity contribution in [3.05, 3.63) is 0 Å². The first kappa shape index (κ1) is 13.6. The molecule has 0 atom stereocenters. The van der Waals surface area contributed by atoms with Crippen LogP contribution in [0, 0.1) is 0 Å². The first-order chi connectivity index (χ1) is 7.44. The average molecular weight is 260 g/mol. The number of carbonyl (C=O) groups is 1. The van der Waals surface area contributed by atoms with E-state index in [0.29, 0.717) is 6.54 Å².